The van der Waals surface area contributed by atoms with Gasteiger partial charge < -0.3 is 0 Å². The maximum atomic E-state index is 5.29. The lowest BCUT2D eigenvalue weighted by molar-refractivity contribution is 0.736. The highest BCUT2D eigenvalue weighted by molar-refractivity contribution is 8.34. The fraction of sp³-hybridized carbons (Fsp3) is 0.129. The van der Waals surface area contributed by atoms with Crippen LogP contribution in [0.3, 0.4) is 0 Å². The van der Waals surface area contributed by atoms with E-state index in [0.29, 0.717) is 0 Å². The van der Waals surface area contributed by atoms with Crippen molar-refractivity contribution in [1.82, 2.24) is 9.38 Å². The summed E-state index contributed by atoms with van der Waals surface area (Å²) in [6.45, 7) is 7.11. The van der Waals surface area contributed by atoms with Crippen molar-refractivity contribution in [2.45, 2.75) is 40.3 Å². The summed E-state index contributed by atoms with van der Waals surface area (Å²) in [5.41, 5.74) is 4.91. The lowest BCUT2D eigenvalue weighted by Gasteiger charge is -2.55. The molecule has 0 atom stereocenters. The zero-order valence-corrected chi connectivity index (χ0v) is 20.4. The number of imidazole rings is 1. The molecule has 2 aromatic heterocycles. The minimum absolute atomic E-state index is 0.147. The average Bonchev–Trinajstić information content (AvgIpc) is 3.23. The van der Waals surface area contributed by atoms with E-state index in [4.69, 9.17) is 4.98 Å². The highest BCUT2D eigenvalue weighted by Gasteiger charge is 2.51. The monoisotopic (exact) mass is 458 g/mol. The first kappa shape index (κ1) is 19.9. The summed E-state index contributed by atoms with van der Waals surface area (Å²) in [4.78, 5) is 8.05. The fourth-order valence-corrected chi connectivity index (χ4v) is 11.2. The number of rotatable bonds is 2. The van der Waals surface area contributed by atoms with Gasteiger partial charge in [-0.2, -0.15) is 0 Å². The van der Waals surface area contributed by atoms with Crippen LogP contribution in [-0.2, 0) is 4.75 Å². The second-order valence-electron chi connectivity index (χ2n) is 9.66. The Morgan fingerprint density at radius 3 is 1.85 bits per heavy atom. The van der Waals surface area contributed by atoms with Crippen molar-refractivity contribution in [3.63, 3.8) is 0 Å². The molecule has 1 aliphatic rings. The summed E-state index contributed by atoms with van der Waals surface area (Å²) in [7, 11) is -1.70. The molecule has 3 heterocycles. The Labute approximate surface area is 201 Å². The number of aromatic nitrogens is 2. The minimum atomic E-state index is -1.70. The Bertz CT molecular complexity index is 1690. The summed E-state index contributed by atoms with van der Waals surface area (Å²) in [6.07, 6.45) is 0. The van der Waals surface area contributed by atoms with Crippen LogP contribution < -0.4 is 0 Å². The highest BCUT2D eigenvalue weighted by Crippen LogP contribution is 2.80. The van der Waals surface area contributed by atoms with Gasteiger partial charge in [-0.3, -0.25) is 4.40 Å². The molecule has 2 nitrogen and oxygen atoms in total. The topological polar surface area (TPSA) is 17.3 Å². The van der Waals surface area contributed by atoms with Gasteiger partial charge in [-0.1, -0.05) is 78.9 Å². The Balaban J connectivity index is 1.83. The van der Waals surface area contributed by atoms with Gasteiger partial charge in [-0.25, -0.2) is 4.98 Å². The quantitative estimate of drug-likeness (QED) is 0.238. The largest absolute Gasteiger partial charge is 0.287 e. The van der Waals surface area contributed by atoms with E-state index in [1.165, 1.54) is 42.1 Å². The third kappa shape index (κ3) is 2.21. The van der Waals surface area contributed by atoms with Crippen LogP contribution in [0.25, 0.3) is 27.3 Å². The van der Waals surface area contributed by atoms with E-state index in [9.17, 15) is 0 Å². The normalized spacial score (nSPS) is 16.9. The molecule has 0 saturated carbocycles. The standard InChI is InChI=1S/C31H26N2S/c1-21-30-33-28-25(24-17-10-11-18-26(24)29(33)32-21)19-12-20-27(28)31(2,3)34(30,22-13-6-4-7-14-22)23-15-8-5-9-16-23/h4-20H,1-3H3. The van der Waals surface area contributed by atoms with Crippen molar-refractivity contribution in [1.29, 1.82) is 0 Å². The van der Waals surface area contributed by atoms with E-state index in [0.717, 1.165) is 11.3 Å². The third-order valence-electron chi connectivity index (χ3n) is 7.61. The molecular weight excluding hydrogens is 432 g/mol. The Kier molecular flexibility index (Phi) is 3.94. The van der Waals surface area contributed by atoms with Crippen molar-refractivity contribution >= 4 is 37.4 Å². The first-order chi connectivity index (χ1) is 16.6. The maximum absolute atomic E-state index is 5.29. The SMILES string of the molecule is Cc1nc2c3ccccc3c3cccc4c3n2c1S(c1ccccc1)(c1ccccc1)C4(C)C. The van der Waals surface area contributed by atoms with E-state index in [1.807, 2.05) is 0 Å². The molecule has 0 saturated heterocycles. The molecule has 7 rings (SSSR count). The second kappa shape index (κ2) is 6.74. The molecule has 0 radical (unpaired) electrons. The molecule has 4 aromatic carbocycles. The zero-order chi connectivity index (χ0) is 23.1. The van der Waals surface area contributed by atoms with Gasteiger partial charge >= 0.3 is 0 Å². The molecule has 0 unspecified atom stereocenters. The lowest BCUT2D eigenvalue weighted by Crippen LogP contribution is -2.32. The Hall–Kier alpha value is -3.56. The Morgan fingerprint density at radius 1 is 0.647 bits per heavy atom. The molecule has 0 aliphatic carbocycles. The molecular formula is C31H26N2S. The second-order valence-corrected chi connectivity index (χ2v) is 13.2. The zero-order valence-electron chi connectivity index (χ0n) is 19.6. The molecule has 34 heavy (non-hydrogen) atoms. The van der Waals surface area contributed by atoms with Crippen LogP contribution in [0.2, 0.25) is 0 Å². The number of hydrogen-bond donors (Lipinski definition) is 0. The van der Waals surface area contributed by atoms with E-state index in [2.05, 4.69) is 128 Å². The number of fused-ring (bicyclic) bond motifs is 3. The number of aryl methyl sites for hydroxylation is 1. The van der Waals surface area contributed by atoms with Gasteiger partial charge in [0, 0.05) is 25.3 Å². The molecule has 6 aromatic rings. The van der Waals surface area contributed by atoms with E-state index >= 15 is 0 Å². The number of benzene rings is 4. The van der Waals surface area contributed by atoms with E-state index in [1.54, 1.807) is 0 Å². The van der Waals surface area contributed by atoms with Crippen LogP contribution in [0.15, 0.2) is 118 Å². The smallest absolute Gasteiger partial charge is 0.146 e. The van der Waals surface area contributed by atoms with Gasteiger partial charge in [-0.05, 0) is 56.0 Å². The van der Waals surface area contributed by atoms with Gasteiger partial charge in [0.15, 0.2) is 0 Å². The molecule has 166 valence electrons. The van der Waals surface area contributed by atoms with Crippen LogP contribution in [-0.4, -0.2) is 9.38 Å². The predicted molar refractivity (Wildman–Crippen MR) is 143 cm³/mol. The minimum Gasteiger partial charge on any atom is -0.287 e. The van der Waals surface area contributed by atoms with Crippen molar-refractivity contribution in [2.24, 2.45) is 0 Å². The Morgan fingerprint density at radius 2 is 1.21 bits per heavy atom. The van der Waals surface area contributed by atoms with Crippen molar-refractivity contribution in [3.8, 4) is 0 Å². The fourth-order valence-electron chi connectivity index (χ4n) is 6.27. The van der Waals surface area contributed by atoms with Crippen LogP contribution in [0, 0.1) is 6.92 Å². The highest BCUT2D eigenvalue weighted by atomic mass is 32.3. The lowest BCUT2D eigenvalue weighted by atomic mass is 9.96. The molecule has 0 spiro atoms. The van der Waals surface area contributed by atoms with Crippen LogP contribution in [0.1, 0.15) is 25.1 Å². The summed E-state index contributed by atoms with van der Waals surface area (Å²) in [5.74, 6) is 0. The number of hydrogen-bond acceptors (Lipinski definition) is 1. The number of pyridine rings is 1. The summed E-state index contributed by atoms with van der Waals surface area (Å²) in [6, 6.07) is 37.9. The summed E-state index contributed by atoms with van der Waals surface area (Å²) in [5, 5.41) is 5.16. The molecule has 0 amide bonds. The molecule has 0 N–H and O–H groups in total. The molecule has 1 aliphatic heterocycles. The summed E-state index contributed by atoms with van der Waals surface area (Å²) >= 11 is 0. The third-order valence-corrected chi connectivity index (χ3v) is 12.4. The predicted octanol–water partition coefficient (Wildman–Crippen LogP) is 8.48. The number of para-hydroxylation sites is 1. The first-order valence-electron chi connectivity index (χ1n) is 11.8. The van der Waals surface area contributed by atoms with Crippen molar-refractivity contribution in [3.05, 3.63) is 114 Å². The maximum Gasteiger partial charge on any atom is 0.146 e. The van der Waals surface area contributed by atoms with Gasteiger partial charge in [-0.15, -0.1) is 10.0 Å². The van der Waals surface area contributed by atoms with Gasteiger partial charge in [0.1, 0.15) is 5.65 Å². The van der Waals surface area contributed by atoms with Crippen LogP contribution in [0.5, 0.6) is 0 Å². The van der Waals surface area contributed by atoms with Gasteiger partial charge in [0.25, 0.3) is 0 Å². The molecule has 0 bridgehead atoms. The van der Waals surface area contributed by atoms with E-state index < -0.39 is 10.0 Å². The molecule has 0 fully saturated rings. The van der Waals surface area contributed by atoms with Gasteiger partial charge in [0.05, 0.1) is 16.2 Å². The number of nitrogens with zero attached hydrogens (tertiary/aromatic N) is 2. The van der Waals surface area contributed by atoms with Crippen molar-refractivity contribution < 1.29 is 0 Å². The van der Waals surface area contributed by atoms with E-state index in [-0.39, 0.29) is 4.75 Å². The van der Waals surface area contributed by atoms with Crippen LogP contribution in [0.4, 0.5) is 0 Å². The first-order valence-corrected chi connectivity index (χ1v) is 13.5. The summed E-state index contributed by atoms with van der Waals surface area (Å²) < 4.78 is 2.37. The van der Waals surface area contributed by atoms with Crippen molar-refractivity contribution in [2.75, 3.05) is 0 Å². The van der Waals surface area contributed by atoms with Gasteiger partial charge in [0.2, 0.25) is 0 Å². The average molecular weight is 459 g/mol. The van der Waals surface area contributed by atoms with Crippen LogP contribution >= 0.6 is 10.0 Å². The molecule has 3 heteroatoms.